The van der Waals surface area contributed by atoms with Crippen molar-refractivity contribution in [3.8, 4) is 5.75 Å². The molecule has 1 fully saturated rings. The summed E-state index contributed by atoms with van der Waals surface area (Å²) in [6.07, 6.45) is 6.36. The highest BCUT2D eigenvalue weighted by molar-refractivity contribution is 5.41. The van der Waals surface area contributed by atoms with Crippen molar-refractivity contribution in [2.24, 2.45) is 0 Å². The van der Waals surface area contributed by atoms with Crippen LogP contribution in [0.15, 0.2) is 18.2 Å². The largest absolute Gasteiger partial charge is 0.508 e. The molecule has 0 bridgehead atoms. The van der Waals surface area contributed by atoms with E-state index in [9.17, 15) is 5.11 Å². The molecule has 1 nitrogen and oxygen atoms in total. The van der Waals surface area contributed by atoms with Gasteiger partial charge in [0.15, 0.2) is 0 Å². The predicted octanol–water partition coefficient (Wildman–Crippen LogP) is 3.92. The van der Waals surface area contributed by atoms with Crippen molar-refractivity contribution >= 4 is 0 Å². The first-order valence-electron chi connectivity index (χ1n) is 5.92. The van der Waals surface area contributed by atoms with Crippen LogP contribution in [0.25, 0.3) is 0 Å². The Labute approximate surface area is 92.1 Å². The first kappa shape index (κ1) is 10.5. The van der Waals surface area contributed by atoms with Crippen molar-refractivity contribution in [2.75, 3.05) is 0 Å². The van der Waals surface area contributed by atoms with Crippen LogP contribution in [-0.2, 0) is 5.41 Å². The van der Waals surface area contributed by atoms with Crippen LogP contribution in [0.3, 0.4) is 0 Å². The summed E-state index contributed by atoms with van der Waals surface area (Å²) in [5.41, 5.74) is 2.49. The molecule has 1 saturated carbocycles. The van der Waals surface area contributed by atoms with E-state index in [-0.39, 0.29) is 5.41 Å². The summed E-state index contributed by atoms with van der Waals surface area (Å²) in [5, 5.41) is 10.0. The Hall–Kier alpha value is -0.980. The number of hydrogen-bond donors (Lipinski definition) is 1. The summed E-state index contributed by atoms with van der Waals surface area (Å²) in [5.74, 6) is 0.486. The minimum absolute atomic E-state index is 0.204. The van der Waals surface area contributed by atoms with Crippen molar-refractivity contribution in [2.45, 2.75) is 51.4 Å². The van der Waals surface area contributed by atoms with Crippen molar-refractivity contribution in [1.82, 2.24) is 0 Å². The maximum Gasteiger partial charge on any atom is 0.119 e. The molecule has 0 unspecified atom stereocenters. The molecule has 1 N–H and O–H groups in total. The van der Waals surface area contributed by atoms with E-state index in [4.69, 9.17) is 0 Å². The third-order valence-electron chi connectivity index (χ3n) is 3.76. The second kappa shape index (κ2) is 3.88. The fourth-order valence-corrected chi connectivity index (χ4v) is 2.75. The normalized spacial score (nSPS) is 20.1. The van der Waals surface area contributed by atoms with Gasteiger partial charge < -0.3 is 5.11 Å². The lowest BCUT2D eigenvalue weighted by Gasteiger charge is -2.34. The standard InChI is InChI=1S/C14H20O/c1-11-6-7-12(13(15)10-11)14(2)8-4-3-5-9-14/h6-7,10,15H,3-5,8-9H2,1-2H3. The van der Waals surface area contributed by atoms with Gasteiger partial charge in [-0.25, -0.2) is 0 Å². The Morgan fingerprint density at radius 2 is 1.80 bits per heavy atom. The third kappa shape index (κ3) is 2.01. The Kier molecular flexibility index (Phi) is 2.72. The summed E-state index contributed by atoms with van der Waals surface area (Å²) >= 11 is 0. The summed E-state index contributed by atoms with van der Waals surface area (Å²) in [4.78, 5) is 0. The molecule has 1 aliphatic rings. The number of hydrogen-bond acceptors (Lipinski definition) is 1. The zero-order valence-corrected chi connectivity index (χ0v) is 9.71. The van der Waals surface area contributed by atoms with Crippen LogP contribution in [-0.4, -0.2) is 5.11 Å². The number of benzene rings is 1. The maximum atomic E-state index is 10.0. The van der Waals surface area contributed by atoms with Crippen LogP contribution < -0.4 is 0 Å². The molecule has 15 heavy (non-hydrogen) atoms. The smallest absolute Gasteiger partial charge is 0.119 e. The Balaban J connectivity index is 2.35. The van der Waals surface area contributed by atoms with Gasteiger partial charge in [-0.05, 0) is 42.4 Å². The predicted molar refractivity (Wildman–Crippen MR) is 63.3 cm³/mol. The topological polar surface area (TPSA) is 20.2 Å². The minimum atomic E-state index is 0.204. The zero-order valence-electron chi connectivity index (χ0n) is 9.71. The zero-order chi connectivity index (χ0) is 10.9. The third-order valence-corrected chi connectivity index (χ3v) is 3.76. The van der Waals surface area contributed by atoms with Gasteiger partial charge in [0.1, 0.15) is 5.75 Å². The molecule has 2 rings (SSSR count). The van der Waals surface area contributed by atoms with Gasteiger partial charge in [0.25, 0.3) is 0 Å². The first-order valence-corrected chi connectivity index (χ1v) is 5.92. The molecule has 1 aliphatic carbocycles. The second-order valence-electron chi connectivity index (χ2n) is 5.14. The molecule has 0 aromatic heterocycles. The first-order chi connectivity index (χ1) is 7.12. The van der Waals surface area contributed by atoms with E-state index in [1.165, 1.54) is 32.1 Å². The van der Waals surface area contributed by atoms with E-state index in [1.54, 1.807) is 0 Å². The summed E-state index contributed by atoms with van der Waals surface area (Å²) in [6, 6.07) is 6.10. The Bertz CT molecular complexity index is 348. The van der Waals surface area contributed by atoms with E-state index >= 15 is 0 Å². The molecular weight excluding hydrogens is 184 g/mol. The van der Waals surface area contributed by atoms with Crippen LogP contribution in [0.5, 0.6) is 5.75 Å². The summed E-state index contributed by atoms with van der Waals surface area (Å²) in [6.45, 7) is 4.31. The molecule has 1 heteroatoms. The van der Waals surface area contributed by atoms with Crippen molar-refractivity contribution in [3.63, 3.8) is 0 Å². The monoisotopic (exact) mass is 204 g/mol. The number of phenols is 1. The van der Waals surface area contributed by atoms with Gasteiger partial charge in [-0.3, -0.25) is 0 Å². The van der Waals surface area contributed by atoms with Gasteiger partial charge in [0, 0.05) is 0 Å². The van der Waals surface area contributed by atoms with Gasteiger partial charge in [0.05, 0.1) is 0 Å². The van der Waals surface area contributed by atoms with Crippen LogP contribution in [0.2, 0.25) is 0 Å². The molecule has 0 heterocycles. The van der Waals surface area contributed by atoms with E-state index in [0.29, 0.717) is 5.75 Å². The number of aromatic hydroxyl groups is 1. The average Bonchev–Trinajstić information content (AvgIpc) is 2.18. The lowest BCUT2D eigenvalue weighted by Crippen LogP contribution is -2.25. The van der Waals surface area contributed by atoms with E-state index < -0.39 is 0 Å². The number of rotatable bonds is 1. The molecule has 0 radical (unpaired) electrons. The number of phenolic OH excluding ortho intramolecular Hbond substituents is 1. The van der Waals surface area contributed by atoms with E-state index in [0.717, 1.165) is 11.1 Å². The fraction of sp³-hybridized carbons (Fsp3) is 0.571. The van der Waals surface area contributed by atoms with Gasteiger partial charge in [-0.15, -0.1) is 0 Å². The van der Waals surface area contributed by atoms with Crippen LogP contribution in [0.4, 0.5) is 0 Å². The summed E-state index contributed by atoms with van der Waals surface area (Å²) in [7, 11) is 0. The molecule has 1 aromatic rings. The molecular formula is C14H20O. The van der Waals surface area contributed by atoms with Gasteiger partial charge in [-0.1, -0.05) is 38.3 Å². The highest BCUT2D eigenvalue weighted by atomic mass is 16.3. The fourth-order valence-electron chi connectivity index (χ4n) is 2.75. The molecule has 0 aliphatic heterocycles. The van der Waals surface area contributed by atoms with Gasteiger partial charge >= 0.3 is 0 Å². The maximum absolute atomic E-state index is 10.0. The quantitative estimate of drug-likeness (QED) is 0.735. The molecule has 1 aromatic carbocycles. The van der Waals surface area contributed by atoms with Gasteiger partial charge in [0.2, 0.25) is 0 Å². The molecule has 0 amide bonds. The molecule has 82 valence electrons. The highest BCUT2D eigenvalue weighted by Crippen LogP contribution is 2.42. The highest BCUT2D eigenvalue weighted by Gasteiger charge is 2.30. The van der Waals surface area contributed by atoms with Crippen molar-refractivity contribution in [1.29, 1.82) is 0 Å². The second-order valence-corrected chi connectivity index (χ2v) is 5.14. The van der Waals surface area contributed by atoms with Gasteiger partial charge in [-0.2, -0.15) is 0 Å². The van der Waals surface area contributed by atoms with Crippen LogP contribution in [0.1, 0.15) is 50.2 Å². The molecule has 0 atom stereocenters. The SMILES string of the molecule is Cc1ccc(C2(C)CCCCC2)c(O)c1. The van der Waals surface area contributed by atoms with Crippen LogP contribution >= 0.6 is 0 Å². The van der Waals surface area contributed by atoms with E-state index in [1.807, 2.05) is 13.0 Å². The minimum Gasteiger partial charge on any atom is -0.508 e. The Morgan fingerprint density at radius 1 is 1.13 bits per heavy atom. The summed E-state index contributed by atoms with van der Waals surface area (Å²) < 4.78 is 0. The molecule has 0 spiro atoms. The van der Waals surface area contributed by atoms with Crippen molar-refractivity contribution in [3.05, 3.63) is 29.3 Å². The Morgan fingerprint density at radius 3 is 2.40 bits per heavy atom. The lowest BCUT2D eigenvalue weighted by atomic mass is 9.70. The molecule has 0 saturated heterocycles. The number of aryl methyl sites for hydroxylation is 1. The van der Waals surface area contributed by atoms with Crippen molar-refractivity contribution < 1.29 is 5.11 Å². The van der Waals surface area contributed by atoms with E-state index in [2.05, 4.69) is 19.1 Å². The lowest BCUT2D eigenvalue weighted by molar-refractivity contribution is 0.308. The average molecular weight is 204 g/mol. The van der Waals surface area contributed by atoms with Crippen LogP contribution in [0, 0.1) is 6.92 Å².